The van der Waals surface area contributed by atoms with E-state index in [1.165, 1.54) is 6.92 Å². The van der Waals surface area contributed by atoms with Crippen molar-refractivity contribution in [1.29, 1.82) is 0 Å². The molecule has 0 aliphatic rings. The average Bonchev–Trinajstić information content (AvgIpc) is 2.23. The van der Waals surface area contributed by atoms with Gasteiger partial charge in [0, 0.05) is 0 Å². The minimum atomic E-state index is -4.66. The molecular weight excluding hydrogens is 274 g/mol. The van der Waals surface area contributed by atoms with Crippen LogP contribution in [-0.4, -0.2) is 12.8 Å². The Morgan fingerprint density at radius 1 is 1.11 bits per heavy atom. The first-order chi connectivity index (χ1) is 8.49. The van der Waals surface area contributed by atoms with Crippen LogP contribution >= 0.6 is 0 Å². The Hall–Kier alpha value is -1.66. The molecule has 0 N–H and O–H groups in total. The first-order valence-corrected chi connectivity index (χ1v) is 5.07. The molecule has 0 aromatic heterocycles. The third kappa shape index (κ3) is 4.84. The van der Waals surface area contributed by atoms with E-state index in [4.69, 9.17) is 0 Å². The van der Waals surface area contributed by atoms with Crippen LogP contribution in [0.25, 0.3) is 5.57 Å². The van der Waals surface area contributed by atoms with Crippen LogP contribution in [0, 0.1) is 0 Å². The van der Waals surface area contributed by atoms with Gasteiger partial charge in [-0.3, -0.25) is 0 Å². The van der Waals surface area contributed by atoms with E-state index in [-0.39, 0.29) is 5.56 Å². The molecule has 1 rings (SSSR count). The van der Waals surface area contributed by atoms with E-state index in [1.807, 2.05) is 0 Å². The van der Waals surface area contributed by atoms with E-state index in [0.29, 0.717) is 11.6 Å². The molecule has 1 aromatic carbocycles. The number of benzene rings is 1. The number of allylic oxidation sites excluding steroid dienone is 1. The maximum absolute atomic E-state index is 12.6. The van der Waals surface area contributed by atoms with Crippen molar-refractivity contribution in [2.75, 3.05) is 6.61 Å². The maximum Gasteiger partial charge on any atom is 0.422 e. The van der Waals surface area contributed by atoms with E-state index < -0.39 is 30.3 Å². The van der Waals surface area contributed by atoms with E-state index in [0.717, 1.165) is 12.1 Å². The Bertz CT molecular complexity index is 472. The molecule has 0 aliphatic heterocycles. The SMILES string of the molecule is C=C(C)c1cc(OCC(F)(F)F)cc(C(F)(F)F)c1. The molecule has 0 radical (unpaired) electrons. The highest BCUT2D eigenvalue weighted by Gasteiger charge is 2.32. The van der Waals surface area contributed by atoms with E-state index in [2.05, 4.69) is 11.3 Å². The molecule has 0 spiro atoms. The number of halogens is 6. The van der Waals surface area contributed by atoms with E-state index >= 15 is 0 Å². The summed E-state index contributed by atoms with van der Waals surface area (Å²) < 4.78 is 78.0. The fourth-order valence-corrected chi connectivity index (χ4v) is 1.26. The number of hydrogen-bond donors (Lipinski definition) is 0. The maximum atomic E-state index is 12.6. The minimum Gasteiger partial charge on any atom is -0.484 e. The third-order valence-electron chi connectivity index (χ3n) is 2.13. The van der Waals surface area contributed by atoms with Crippen LogP contribution < -0.4 is 4.74 Å². The standard InChI is InChI=1S/C12H10F6O/c1-7(2)8-3-9(12(16,17)18)5-10(4-8)19-6-11(13,14)15/h3-5H,1,6H2,2H3. The molecule has 19 heavy (non-hydrogen) atoms. The van der Waals surface area contributed by atoms with Crippen LogP contribution in [-0.2, 0) is 6.18 Å². The van der Waals surface area contributed by atoms with Gasteiger partial charge in [0.25, 0.3) is 0 Å². The Labute approximate surface area is 105 Å². The van der Waals surface area contributed by atoms with Crippen LogP contribution in [0.5, 0.6) is 5.75 Å². The smallest absolute Gasteiger partial charge is 0.422 e. The number of alkyl halides is 6. The monoisotopic (exact) mass is 284 g/mol. The van der Waals surface area contributed by atoms with Crippen LogP contribution in [0.15, 0.2) is 24.8 Å². The van der Waals surface area contributed by atoms with E-state index in [9.17, 15) is 26.3 Å². The summed E-state index contributed by atoms with van der Waals surface area (Å²) in [4.78, 5) is 0. The first kappa shape index (κ1) is 15.4. The van der Waals surface area contributed by atoms with Gasteiger partial charge in [0.05, 0.1) is 5.56 Å². The Morgan fingerprint density at radius 2 is 1.68 bits per heavy atom. The topological polar surface area (TPSA) is 9.23 Å². The molecule has 106 valence electrons. The summed E-state index contributed by atoms with van der Waals surface area (Å²) in [5.74, 6) is -0.495. The quantitative estimate of drug-likeness (QED) is 0.732. The van der Waals surface area contributed by atoms with Crippen molar-refractivity contribution in [3.8, 4) is 5.75 Å². The van der Waals surface area contributed by atoms with Crippen molar-refractivity contribution in [1.82, 2.24) is 0 Å². The molecule has 0 atom stereocenters. The molecule has 0 aliphatic carbocycles. The van der Waals surface area contributed by atoms with Gasteiger partial charge < -0.3 is 4.74 Å². The average molecular weight is 284 g/mol. The van der Waals surface area contributed by atoms with Gasteiger partial charge >= 0.3 is 12.4 Å². The zero-order chi connectivity index (χ0) is 14.8. The van der Waals surface area contributed by atoms with Crippen LogP contribution in [0.4, 0.5) is 26.3 Å². The number of hydrogen-bond acceptors (Lipinski definition) is 1. The minimum absolute atomic E-state index is 0.0759. The van der Waals surface area contributed by atoms with Crippen LogP contribution in [0.2, 0.25) is 0 Å². The van der Waals surface area contributed by atoms with Gasteiger partial charge in [-0.1, -0.05) is 12.2 Å². The van der Waals surface area contributed by atoms with Gasteiger partial charge in [0.15, 0.2) is 6.61 Å². The molecule has 0 fully saturated rings. The zero-order valence-corrected chi connectivity index (χ0v) is 9.82. The summed E-state index contributed by atoms with van der Waals surface area (Å²) in [7, 11) is 0. The van der Waals surface area contributed by atoms with Gasteiger partial charge in [-0.25, -0.2) is 0 Å². The molecule has 1 nitrogen and oxygen atoms in total. The summed E-state index contributed by atoms with van der Waals surface area (Å²) in [5.41, 5.74) is -0.708. The van der Waals surface area contributed by atoms with Gasteiger partial charge in [0.2, 0.25) is 0 Å². The lowest BCUT2D eigenvalue weighted by Gasteiger charge is -2.14. The Morgan fingerprint density at radius 3 is 2.11 bits per heavy atom. The summed E-state index contributed by atoms with van der Waals surface area (Å²) in [6.45, 7) is 3.25. The molecule has 0 heterocycles. The molecule has 1 aromatic rings. The largest absolute Gasteiger partial charge is 0.484 e. The second-order valence-corrected chi connectivity index (χ2v) is 3.93. The van der Waals surface area contributed by atoms with Crippen molar-refractivity contribution in [2.45, 2.75) is 19.3 Å². The van der Waals surface area contributed by atoms with E-state index in [1.54, 1.807) is 0 Å². The van der Waals surface area contributed by atoms with Crippen molar-refractivity contribution in [3.05, 3.63) is 35.9 Å². The normalized spacial score (nSPS) is 12.4. The molecule has 0 saturated carbocycles. The molecule has 0 amide bonds. The lowest BCUT2D eigenvalue weighted by Crippen LogP contribution is -2.19. The predicted molar refractivity (Wildman–Crippen MR) is 57.7 cm³/mol. The van der Waals surface area contributed by atoms with Crippen LogP contribution in [0.1, 0.15) is 18.1 Å². The first-order valence-electron chi connectivity index (χ1n) is 5.07. The molecule has 0 unspecified atom stereocenters. The molecular formula is C12H10F6O. The lowest BCUT2D eigenvalue weighted by atomic mass is 10.0. The van der Waals surface area contributed by atoms with Gasteiger partial charge in [-0.05, 0) is 30.7 Å². The zero-order valence-electron chi connectivity index (χ0n) is 9.82. The number of rotatable bonds is 3. The number of ether oxygens (including phenoxy) is 1. The summed E-state index contributed by atoms with van der Waals surface area (Å²) in [6.07, 6.45) is -9.28. The fourth-order valence-electron chi connectivity index (χ4n) is 1.26. The Balaban J connectivity index is 3.11. The molecule has 0 saturated heterocycles. The van der Waals surface area contributed by atoms with Gasteiger partial charge in [-0.15, -0.1) is 0 Å². The molecule has 7 heteroatoms. The highest BCUT2D eigenvalue weighted by atomic mass is 19.4. The fraction of sp³-hybridized carbons (Fsp3) is 0.333. The van der Waals surface area contributed by atoms with Crippen molar-refractivity contribution in [2.24, 2.45) is 0 Å². The second-order valence-electron chi connectivity index (χ2n) is 3.93. The van der Waals surface area contributed by atoms with Crippen molar-refractivity contribution < 1.29 is 31.1 Å². The molecule has 0 bridgehead atoms. The predicted octanol–water partition coefficient (Wildman–Crippen LogP) is 4.68. The highest BCUT2D eigenvalue weighted by molar-refractivity contribution is 5.63. The summed E-state index contributed by atoms with van der Waals surface area (Å²) in [6, 6.07) is 2.42. The van der Waals surface area contributed by atoms with Crippen LogP contribution in [0.3, 0.4) is 0 Å². The highest BCUT2D eigenvalue weighted by Crippen LogP contribution is 2.34. The van der Waals surface area contributed by atoms with Crippen molar-refractivity contribution >= 4 is 5.57 Å². The summed E-state index contributed by atoms with van der Waals surface area (Å²) >= 11 is 0. The van der Waals surface area contributed by atoms with Crippen molar-refractivity contribution in [3.63, 3.8) is 0 Å². The van der Waals surface area contributed by atoms with Gasteiger partial charge in [-0.2, -0.15) is 26.3 Å². The lowest BCUT2D eigenvalue weighted by molar-refractivity contribution is -0.153. The summed E-state index contributed by atoms with van der Waals surface area (Å²) in [5, 5.41) is 0. The second kappa shape index (κ2) is 5.14. The Kier molecular flexibility index (Phi) is 4.17. The third-order valence-corrected chi connectivity index (χ3v) is 2.13. The van der Waals surface area contributed by atoms with Gasteiger partial charge in [0.1, 0.15) is 5.75 Å².